The number of aromatic nitrogens is 2. The molecular formula is C30H38N8O. The maximum Gasteiger partial charge on any atom is 0.101 e. The number of benzene rings is 1. The number of ether oxygens (including phenoxy) is 1. The van der Waals surface area contributed by atoms with Crippen LogP contribution >= 0.6 is 0 Å². The van der Waals surface area contributed by atoms with E-state index in [1.807, 2.05) is 18.3 Å². The van der Waals surface area contributed by atoms with E-state index in [0.29, 0.717) is 30.9 Å². The highest BCUT2D eigenvalue weighted by molar-refractivity contribution is 5.95. The number of nitrogens with zero attached hydrogens (tertiary/aromatic N) is 7. The van der Waals surface area contributed by atoms with Crippen LogP contribution in [0.25, 0.3) is 10.9 Å². The smallest absolute Gasteiger partial charge is 0.101 e. The standard InChI is InChI=1S/C30H38N8O/c1-22-17-37(29-7-4-23(15-31)30-28(29)3-2-9-33-30)20-27-8-10-35(11-12-38(22)27)19-25-5-6-26(16-34-25)36-13-14-39-21-24(32)18-36/h2-7,9,16,22,24,27H,8,10-14,17-21,32H2,1H3/t22-,24-,27+/m1/s1. The molecule has 204 valence electrons. The van der Waals surface area contributed by atoms with Crippen molar-refractivity contribution in [2.24, 2.45) is 5.73 Å². The molecule has 0 unspecified atom stereocenters. The van der Waals surface area contributed by atoms with Crippen molar-refractivity contribution in [3.05, 3.63) is 60.0 Å². The number of rotatable bonds is 4. The second kappa shape index (κ2) is 11.4. The van der Waals surface area contributed by atoms with Gasteiger partial charge in [-0.15, -0.1) is 0 Å². The summed E-state index contributed by atoms with van der Waals surface area (Å²) < 4.78 is 5.59. The minimum atomic E-state index is 0.0356. The van der Waals surface area contributed by atoms with Crippen LogP contribution in [0.15, 0.2) is 48.8 Å². The van der Waals surface area contributed by atoms with Crippen molar-refractivity contribution in [1.82, 2.24) is 19.8 Å². The summed E-state index contributed by atoms with van der Waals surface area (Å²) in [7, 11) is 0. The molecule has 1 aromatic carbocycles. The SMILES string of the molecule is C[C@@H]1CN(c2ccc(C#N)c3ncccc23)C[C@@H]2CCN(Cc3ccc(N4CCOC[C@H](N)C4)cn3)CCN21. The van der Waals surface area contributed by atoms with Crippen LogP contribution in [0.3, 0.4) is 0 Å². The van der Waals surface area contributed by atoms with E-state index in [0.717, 1.165) is 81.1 Å². The molecule has 39 heavy (non-hydrogen) atoms. The molecule has 0 bridgehead atoms. The molecular weight excluding hydrogens is 488 g/mol. The van der Waals surface area contributed by atoms with Gasteiger partial charge in [-0.1, -0.05) is 0 Å². The fraction of sp³-hybridized carbons (Fsp3) is 0.500. The summed E-state index contributed by atoms with van der Waals surface area (Å²) in [6, 6.07) is 15.7. The van der Waals surface area contributed by atoms with E-state index in [2.05, 4.69) is 61.8 Å². The molecule has 3 fully saturated rings. The molecule has 3 saturated heterocycles. The molecule has 2 N–H and O–H groups in total. The van der Waals surface area contributed by atoms with E-state index in [1.54, 1.807) is 6.20 Å². The first kappa shape index (κ1) is 26.0. The minimum Gasteiger partial charge on any atom is -0.378 e. The third kappa shape index (κ3) is 5.56. The Labute approximate surface area is 230 Å². The van der Waals surface area contributed by atoms with Crippen LogP contribution in [0, 0.1) is 11.3 Å². The van der Waals surface area contributed by atoms with Gasteiger partial charge in [0, 0.05) is 87.8 Å². The lowest BCUT2D eigenvalue weighted by Crippen LogP contribution is -2.58. The summed E-state index contributed by atoms with van der Waals surface area (Å²) in [6.07, 6.45) is 4.89. The average molecular weight is 527 g/mol. The Kier molecular flexibility index (Phi) is 7.62. The monoisotopic (exact) mass is 526 g/mol. The zero-order valence-electron chi connectivity index (χ0n) is 22.7. The predicted molar refractivity (Wildman–Crippen MR) is 154 cm³/mol. The van der Waals surface area contributed by atoms with Crippen LogP contribution in [-0.2, 0) is 11.3 Å². The molecule has 6 rings (SSSR count). The molecule has 9 nitrogen and oxygen atoms in total. The number of fused-ring (bicyclic) bond motifs is 2. The summed E-state index contributed by atoms with van der Waals surface area (Å²) in [5, 5.41) is 10.6. The molecule has 0 aliphatic carbocycles. The van der Waals surface area contributed by atoms with Gasteiger partial charge in [0.05, 0.1) is 41.9 Å². The third-order valence-electron chi connectivity index (χ3n) is 8.46. The van der Waals surface area contributed by atoms with Crippen LogP contribution < -0.4 is 15.5 Å². The zero-order chi connectivity index (χ0) is 26.8. The Hall–Kier alpha value is -3.29. The van der Waals surface area contributed by atoms with Gasteiger partial charge in [-0.25, -0.2) is 0 Å². The molecule has 0 saturated carbocycles. The van der Waals surface area contributed by atoms with E-state index < -0.39 is 0 Å². The average Bonchev–Trinajstić information content (AvgIpc) is 3.31. The molecule has 0 radical (unpaired) electrons. The minimum absolute atomic E-state index is 0.0356. The highest BCUT2D eigenvalue weighted by Gasteiger charge is 2.35. The van der Waals surface area contributed by atoms with Gasteiger partial charge in [-0.3, -0.25) is 19.8 Å². The van der Waals surface area contributed by atoms with E-state index in [1.165, 1.54) is 5.69 Å². The van der Waals surface area contributed by atoms with Crippen LogP contribution in [-0.4, -0.2) is 96.9 Å². The number of anilines is 2. The van der Waals surface area contributed by atoms with E-state index in [4.69, 9.17) is 15.5 Å². The fourth-order valence-electron chi connectivity index (χ4n) is 6.45. The highest BCUT2D eigenvalue weighted by Crippen LogP contribution is 2.32. The quantitative estimate of drug-likeness (QED) is 0.550. The summed E-state index contributed by atoms with van der Waals surface area (Å²) >= 11 is 0. The largest absolute Gasteiger partial charge is 0.378 e. The first-order chi connectivity index (χ1) is 19.1. The number of pyridine rings is 2. The number of nitrogens with two attached hydrogens (primary N) is 1. The maximum atomic E-state index is 9.56. The third-order valence-corrected chi connectivity index (χ3v) is 8.46. The van der Waals surface area contributed by atoms with Gasteiger partial charge >= 0.3 is 0 Å². The van der Waals surface area contributed by atoms with Gasteiger partial charge in [-0.2, -0.15) is 5.26 Å². The lowest BCUT2D eigenvalue weighted by molar-refractivity contribution is 0.127. The normalized spacial score (nSPS) is 25.1. The van der Waals surface area contributed by atoms with Gasteiger partial charge in [0.2, 0.25) is 0 Å². The van der Waals surface area contributed by atoms with Crippen LogP contribution in [0.2, 0.25) is 0 Å². The zero-order valence-corrected chi connectivity index (χ0v) is 22.7. The van der Waals surface area contributed by atoms with Crippen LogP contribution in [0.4, 0.5) is 11.4 Å². The van der Waals surface area contributed by atoms with E-state index >= 15 is 0 Å². The topological polar surface area (TPSA) is 97.8 Å². The first-order valence-corrected chi connectivity index (χ1v) is 14.1. The van der Waals surface area contributed by atoms with Gasteiger partial charge in [0.15, 0.2) is 0 Å². The molecule has 0 spiro atoms. The molecule has 3 aliphatic heterocycles. The summed E-state index contributed by atoms with van der Waals surface area (Å²) in [5.74, 6) is 0. The second-order valence-electron chi connectivity index (χ2n) is 11.1. The predicted octanol–water partition coefficient (Wildman–Crippen LogP) is 2.45. The van der Waals surface area contributed by atoms with Gasteiger partial charge in [0.25, 0.3) is 0 Å². The number of piperazine rings is 1. The van der Waals surface area contributed by atoms with Crippen LogP contribution in [0.5, 0.6) is 0 Å². The lowest BCUT2D eigenvalue weighted by Gasteiger charge is -2.46. The number of hydrogen-bond donors (Lipinski definition) is 1. The van der Waals surface area contributed by atoms with Gasteiger partial charge < -0.3 is 20.3 Å². The lowest BCUT2D eigenvalue weighted by atomic mass is 10.0. The number of nitriles is 1. The highest BCUT2D eigenvalue weighted by atomic mass is 16.5. The number of hydrogen-bond acceptors (Lipinski definition) is 9. The Balaban J connectivity index is 1.11. The van der Waals surface area contributed by atoms with Crippen LogP contribution in [0.1, 0.15) is 24.6 Å². The fourth-order valence-corrected chi connectivity index (χ4v) is 6.45. The first-order valence-electron chi connectivity index (χ1n) is 14.1. The molecule has 5 heterocycles. The Morgan fingerprint density at radius 2 is 1.95 bits per heavy atom. The van der Waals surface area contributed by atoms with Crippen molar-refractivity contribution in [3.8, 4) is 6.07 Å². The van der Waals surface area contributed by atoms with Crippen molar-refractivity contribution in [2.75, 3.05) is 68.8 Å². The Morgan fingerprint density at radius 1 is 1.03 bits per heavy atom. The van der Waals surface area contributed by atoms with Gasteiger partial charge in [-0.05, 0) is 49.7 Å². The molecule has 3 aromatic rings. The van der Waals surface area contributed by atoms with Crippen molar-refractivity contribution in [1.29, 1.82) is 5.26 Å². The second-order valence-corrected chi connectivity index (χ2v) is 11.1. The summed E-state index contributed by atoms with van der Waals surface area (Å²) in [6.45, 7) is 11.3. The summed E-state index contributed by atoms with van der Waals surface area (Å²) in [4.78, 5) is 19.4. The molecule has 0 amide bonds. The summed E-state index contributed by atoms with van der Waals surface area (Å²) in [5.41, 5.74) is 11.0. The van der Waals surface area contributed by atoms with Gasteiger partial charge in [0.1, 0.15) is 6.07 Å². The maximum absolute atomic E-state index is 9.56. The molecule has 3 aliphatic rings. The van der Waals surface area contributed by atoms with E-state index in [9.17, 15) is 5.26 Å². The molecule has 9 heteroatoms. The van der Waals surface area contributed by atoms with Crippen molar-refractivity contribution < 1.29 is 4.74 Å². The van der Waals surface area contributed by atoms with E-state index in [-0.39, 0.29) is 6.04 Å². The van der Waals surface area contributed by atoms with Crippen molar-refractivity contribution >= 4 is 22.3 Å². The molecule has 2 aromatic heterocycles. The van der Waals surface area contributed by atoms with Crippen molar-refractivity contribution in [2.45, 2.75) is 38.0 Å². The Morgan fingerprint density at radius 3 is 2.79 bits per heavy atom. The van der Waals surface area contributed by atoms with Crippen molar-refractivity contribution in [3.63, 3.8) is 0 Å². The molecule has 3 atom stereocenters. The Bertz CT molecular complexity index is 1320.